The van der Waals surface area contributed by atoms with Crippen molar-refractivity contribution >= 4 is 29.9 Å². The molecule has 0 saturated heterocycles. The van der Waals surface area contributed by atoms with Crippen molar-refractivity contribution in [3.8, 4) is 11.5 Å². The third kappa shape index (κ3) is 8.93. The van der Waals surface area contributed by atoms with Gasteiger partial charge in [0.1, 0.15) is 18.1 Å². The molecule has 0 aromatic heterocycles. The van der Waals surface area contributed by atoms with Crippen LogP contribution in [-0.4, -0.2) is 53.0 Å². The van der Waals surface area contributed by atoms with Crippen LogP contribution in [0, 0.1) is 0 Å². The van der Waals surface area contributed by atoms with Crippen LogP contribution < -0.4 is 20.1 Å². The van der Waals surface area contributed by atoms with E-state index in [2.05, 4.69) is 15.6 Å². The number of hydrogen-bond donors (Lipinski definition) is 2. The van der Waals surface area contributed by atoms with Gasteiger partial charge in [0.2, 0.25) is 0 Å². The molecule has 0 amide bonds. The molecule has 1 rings (SSSR count). The lowest BCUT2D eigenvalue weighted by Crippen LogP contribution is -2.39. The average Bonchev–Trinajstić information content (AvgIpc) is 2.52. The number of benzene rings is 1. The van der Waals surface area contributed by atoms with Crippen molar-refractivity contribution in [1.82, 2.24) is 10.6 Å². The fourth-order valence-corrected chi connectivity index (χ4v) is 1.60. The molecular weight excluding hydrogens is 397 g/mol. The second-order valence-electron chi connectivity index (χ2n) is 4.20. The van der Waals surface area contributed by atoms with Crippen molar-refractivity contribution in [1.29, 1.82) is 0 Å². The summed E-state index contributed by atoms with van der Waals surface area (Å²) < 4.78 is 15.7. The van der Waals surface area contributed by atoms with Crippen LogP contribution in [0.25, 0.3) is 0 Å². The van der Waals surface area contributed by atoms with Crippen LogP contribution in [0.3, 0.4) is 0 Å². The molecule has 0 heterocycles. The number of hydrogen-bond acceptors (Lipinski definition) is 4. The van der Waals surface area contributed by atoms with Crippen LogP contribution in [-0.2, 0) is 4.74 Å². The summed E-state index contributed by atoms with van der Waals surface area (Å²) in [7, 11) is 3.31. The highest BCUT2D eigenvalue weighted by Gasteiger charge is 1.98. The van der Waals surface area contributed by atoms with Crippen molar-refractivity contribution in [3.05, 3.63) is 24.3 Å². The second kappa shape index (κ2) is 13.4. The van der Waals surface area contributed by atoms with Crippen LogP contribution in [0.5, 0.6) is 11.5 Å². The number of nitrogens with zero attached hydrogens (tertiary/aromatic N) is 1. The van der Waals surface area contributed by atoms with Crippen molar-refractivity contribution < 1.29 is 14.2 Å². The SMILES string of the molecule is CCNC(=NCCOC)NCCOc1ccc(OC)cc1.I. The van der Waals surface area contributed by atoms with Crippen LogP contribution >= 0.6 is 24.0 Å². The number of rotatable bonds is 9. The van der Waals surface area contributed by atoms with E-state index in [4.69, 9.17) is 14.2 Å². The van der Waals surface area contributed by atoms with E-state index in [0.717, 1.165) is 24.0 Å². The zero-order valence-electron chi connectivity index (χ0n) is 13.4. The molecule has 0 spiro atoms. The molecular formula is C15H26IN3O3. The number of guanidine groups is 1. The molecule has 0 radical (unpaired) electrons. The normalized spacial score (nSPS) is 10.6. The summed E-state index contributed by atoms with van der Waals surface area (Å²) in [5.41, 5.74) is 0. The Kier molecular flexibility index (Phi) is 12.7. The van der Waals surface area contributed by atoms with Gasteiger partial charge in [0.15, 0.2) is 5.96 Å². The maximum atomic E-state index is 5.63. The van der Waals surface area contributed by atoms with Gasteiger partial charge in [-0.15, -0.1) is 24.0 Å². The van der Waals surface area contributed by atoms with Gasteiger partial charge in [0.05, 0.1) is 26.8 Å². The topological polar surface area (TPSA) is 64.1 Å². The number of aliphatic imine (C=N–C) groups is 1. The summed E-state index contributed by atoms with van der Waals surface area (Å²) in [6, 6.07) is 7.52. The van der Waals surface area contributed by atoms with E-state index in [9.17, 15) is 0 Å². The molecule has 6 nitrogen and oxygen atoms in total. The van der Waals surface area contributed by atoms with E-state index in [1.54, 1.807) is 14.2 Å². The Balaban J connectivity index is 0.00000441. The molecule has 2 N–H and O–H groups in total. The smallest absolute Gasteiger partial charge is 0.191 e. The molecule has 0 atom stereocenters. The van der Waals surface area contributed by atoms with Gasteiger partial charge in [-0.1, -0.05) is 0 Å². The highest BCUT2D eigenvalue weighted by Crippen LogP contribution is 2.16. The molecule has 1 aromatic carbocycles. The first-order valence-corrected chi connectivity index (χ1v) is 7.08. The summed E-state index contributed by atoms with van der Waals surface area (Å²) in [6.07, 6.45) is 0. The van der Waals surface area contributed by atoms with E-state index in [-0.39, 0.29) is 24.0 Å². The maximum absolute atomic E-state index is 5.63. The molecule has 7 heteroatoms. The Morgan fingerprint density at radius 3 is 2.32 bits per heavy atom. The fraction of sp³-hybridized carbons (Fsp3) is 0.533. The van der Waals surface area contributed by atoms with E-state index < -0.39 is 0 Å². The third-order valence-corrected chi connectivity index (χ3v) is 2.63. The highest BCUT2D eigenvalue weighted by atomic mass is 127. The van der Waals surface area contributed by atoms with Crippen molar-refractivity contribution in [2.24, 2.45) is 4.99 Å². The minimum Gasteiger partial charge on any atom is -0.497 e. The fourth-order valence-electron chi connectivity index (χ4n) is 1.60. The van der Waals surface area contributed by atoms with Crippen molar-refractivity contribution in [3.63, 3.8) is 0 Å². The maximum Gasteiger partial charge on any atom is 0.191 e. The molecule has 22 heavy (non-hydrogen) atoms. The van der Waals surface area contributed by atoms with Crippen LogP contribution in [0.4, 0.5) is 0 Å². The Morgan fingerprint density at radius 2 is 1.73 bits per heavy atom. The summed E-state index contributed by atoms with van der Waals surface area (Å²) in [4.78, 5) is 4.37. The predicted octanol–water partition coefficient (Wildman–Crippen LogP) is 1.89. The van der Waals surface area contributed by atoms with E-state index in [1.165, 1.54) is 0 Å². The number of halogens is 1. The second-order valence-corrected chi connectivity index (χ2v) is 4.20. The number of methoxy groups -OCH3 is 2. The van der Waals surface area contributed by atoms with Crippen LogP contribution in [0.15, 0.2) is 29.3 Å². The Bertz CT molecular complexity index is 413. The van der Waals surface area contributed by atoms with Gasteiger partial charge in [-0.2, -0.15) is 0 Å². The molecule has 0 fully saturated rings. The molecule has 0 aliphatic carbocycles. The zero-order valence-corrected chi connectivity index (χ0v) is 15.8. The first kappa shape index (κ1) is 20.8. The molecule has 0 aliphatic heterocycles. The van der Waals surface area contributed by atoms with Gasteiger partial charge >= 0.3 is 0 Å². The van der Waals surface area contributed by atoms with Gasteiger partial charge in [-0.05, 0) is 31.2 Å². The monoisotopic (exact) mass is 423 g/mol. The highest BCUT2D eigenvalue weighted by molar-refractivity contribution is 14.0. The first-order valence-electron chi connectivity index (χ1n) is 7.08. The summed E-state index contributed by atoms with van der Waals surface area (Å²) in [5, 5.41) is 6.37. The Labute approximate surface area is 149 Å². The van der Waals surface area contributed by atoms with Crippen LogP contribution in [0.2, 0.25) is 0 Å². The first-order chi connectivity index (χ1) is 10.3. The summed E-state index contributed by atoms with van der Waals surface area (Å²) in [5.74, 6) is 2.41. The Hall–Kier alpha value is -1.22. The molecule has 0 aliphatic rings. The van der Waals surface area contributed by atoms with E-state index in [0.29, 0.717) is 26.3 Å². The average molecular weight is 423 g/mol. The predicted molar refractivity (Wildman–Crippen MR) is 99.8 cm³/mol. The van der Waals surface area contributed by atoms with Crippen molar-refractivity contribution in [2.75, 3.05) is 47.1 Å². The standard InChI is InChI=1S/C15H25N3O3.HI/c1-4-16-15(17-9-11-19-2)18-10-12-21-14-7-5-13(20-3)6-8-14;/h5-8H,4,9-12H2,1-3H3,(H2,16,17,18);1H. The minimum absolute atomic E-state index is 0. The lowest BCUT2D eigenvalue weighted by atomic mass is 10.3. The van der Waals surface area contributed by atoms with Gasteiger partial charge in [-0.3, -0.25) is 4.99 Å². The zero-order chi connectivity index (χ0) is 15.3. The van der Waals surface area contributed by atoms with Gasteiger partial charge < -0.3 is 24.8 Å². The summed E-state index contributed by atoms with van der Waals surface area (Å²) in [6.45, 7) is 5.31. The molecule has 0 saturated carbocycles. The molecule has 126 valence electrons. The summed E-state index contributed by atoms with van der Waals surface area (Å²) >= 11 is 0. The third-order valence-electron chi connectivity index (χ3n) is 2.63. The lowest BCUT2D eigenvalue weighted by Gasteiger charge is -2.12. The molecule has 0 unspecified atom stereocenters. The van der Waals surface area contributed by atoms with Crippen molar-refractivity contribution in [2.45, 2.75) is 6.92 Å². The molecule has 0 bridgehead atoms. The van der Waals surface area contributed by atoms with Gasteiger partial charge in [0, 0.05) is 13.7 Å². The van der Waals surface area contributed by atoms with E-state index in [1.807, 2.05) is 31.2 Å². The van der Waals surface area contributed by atoms with E-state index >= 15 is 0 Å². The molecule has 1 aromatic rings. The van der Waals surface area contributed by atoms with Gasteiger partial charge in [-0.25, -0.2) is 0 Å². The minimum atomic E-state index is 0. The number of nitrogens with one attached hydrogen (secondary N) is 2. The lowest BCUT2D eigenvalue weighted by molar-refractivity contribution is 0.208. The van der Waals surface area contributed by atoms with Crippen LogP contribution in [0.1, 0.15) is 6.92 Å². The quantitative estimate of drug-likeness (QED) is 0.275. The largest absolute Gasteiger partial charge is 0.497 e. The Morgan fingerprint density at radius 1 is 1.05 bits per heavy atom. The number of ether oxygens (including phenoxy) is 3. The van der Waals surface area contributed by atoms with Gasteiger partial charge in [0.25, 0.3) is 0 Å².